The van der Waals surface area contributed by atoms with E-state index in [-0.39, 0.29) is 5.78 Å². The number of nitrogens with zero attached hydrogens (tertiary/aromatic N) is 1. The molecule has 0 radical (unpaired) electrons. The molecular formula is C16H13NO. The van der Waals surface area contributed by atoms with Gasteiger partial charge in [-0.3, -0.25) is 9.78 Å². The van der Waals surface area contributed by atoms with Crippen LogP contribution in [0.3, 0.4) is 0 Å². The molecule has 0 saturated heterocycles. The molecule has 3 rings (SSSR count). The predicted octanol–water partition coefficient (Wildman–Crippen LogP) is 3.29. The molecule has 88 valence electrons. The van der Waals surface area contributed by atoms with Crippen LogP contribution in [-0.2, 0) is 6.42 Å². The fourth-order valence-electron chi connectivity index (χ4n) is 2.32. The second-order valence-electron chi connectivity index (χ2n) is 4.44. The molecule has 0 fully saturated rings. The van der Waals surface area contributed by atoms with Crippen LogP contribution in [0.2, 0.25) is 0 Å². The van der Waals surface area contributed by atoms with Crippen molar-refractivity contribution in [1.82, 2.24) is 4.98 Å². The van der Waals surface area contributed by atoms with Crippen LogP contribution in [0.1, 0.15) is 27.9 Å². The number of aryl methyl sites for hydroxylation is 1. The molecular weight excluding hydrogens is 222 g/mol. The molecule has 1 aliphatic rings. The number of hydrogen-bond donors (Lipinski definition) is 0. The van der Waals surface area contributed by atoms with Crippen LogP contribution in [0.5, 0.6) is 0 Å². The minimum Gasteiger partial charge on any atom is -0.289 e. The van der Waals surface area contributed by atoms with Gasteiger partial charge in [-0.05, 0) is 36.1 Å². The molecule has 0 atom stereocenters. The first-order chi connectivity index (χ1) is 8.84. The number of carbonyl (C=O) groups excluding carboxylic acids is 1. The van der Waals surface area contributed by atoms with Crippen LogP contribution in [0.25, 0.3) is 6.08 Å². The van der Waals surface area contributed by atoms with Crippen molar-refractivity contribution >= 4 is 11.9 Å². The Morgan fingerprint density at radius 3 is 2.78 bits per heavy atom. The van der Waals surface area contributed by atoms with Crippen molar-refractivity contribution in [2.45, 2.75) is 12.8 Å². The van der Waals surface area contributed by atoms with E-state index in [1.165, 1.54) is 0 Å². The third kappa shape index (κ3) is 1.97. The number of fused-ring (bicyclic) bond motifs is 1. The molecule has 18 heavy (non-hydrogen) atoms. The van der Waals surface area contributed by atoms with Gasteiger partial charge in [-0.1, -0.05) is 30.3 Å². The lowest BCUT2D eigenvalue weighted by Gasteiger charge is -2.17. The highest BCUT2D eigenvalue weighted by atomic mass is 16.1. The zero-order valence-corrected chi connectivity index (χ0v) is 9.97. The summed E-state index contributed by atoms with van der Waals surface area (Å²) in [7, 11) is 0. The molecule has 1 heterocycles. The van der Waals surface area contributed by atoms with Crippen LogP contribution in [0, 0.1) is 0 Å². The molecule has 0 saturated carbocycles. The number of aromatic nitrogens is 1. The summed E-state index contributed by atoms with van der Waals surface area (Å²) in [6, 6.07) is 11.7. The summed E-state index contributed by atoms with van der Waals surface area (Å²) >= 11 is 0. The molecule has 1 aromatic heterocycles. The Morgan fingerprint density at radius 1 is 1.06 bits per heavy atom. The zero-order chi connectivity index (χ0) is 12.4. The van der Waals surface area contributed by atoms with E-state index in [4.69, 9.17) is 0 Å². The van der Waals surface area contributed by atoms with Gasteiger partial charge in [0.2, 0.25) is 0 Å². The summed E-state index contributed by atoms with van der Waals surface area (Å²) in [4.78, 5) is 16.4. The molecule has 1 aromatic carbocycles. The molecule has 0 N–H and O–H groups in total. The van der Waals surface area contributed by atoms with Gasteiger partial charge >= 0.3 is 0 Å². The third-order valence-corrected chi connectivity index (χ3v) is 3.24. The van der Waals surface area contributed by atoms with E-state index in [0.29, 0.717) is 0 Å². The van der Waals surface area contributed by atoms with E-state index in [1.54, 1.807) is 12.4 Å². The number of Topliss-reactive ketones (excluding diaryl/α,β-unsaturated/α-hetero) is 1. The minimum absolute atomic E-state index is 0.153. The van der Waals surface area contributed by atoms with Gasteiger partial charge in [0.25, 0.3) is 0 Å². The summed E-state index contributed by atoms with van der Waals surface area (Å²) in [6.07, 6.45) is 7.21. The normalized spacial score (nSPS) is 16.7. The first kappa shape index (κ1) is 10.9. The highest BCUT2D eigenvalue weighted by Crippen LogP contribution is 2.26. The Bertz CT molecular complexity index is 614. The highest BCUT2D eigenvalue weighted by Gasteiger charge is 2.20. The highest BCUT2D eigenvalue weighted by molar-refractivity contribution is 6.13. The van der Waals surface area contributed by atoms with Gasteiger partial charge in [-0.25, -0.2) is 0 Å². The Labute approximate surface area is 106 Å². The van der Waals surface area contributed by atoms with E-state index >= 15 is 0 Å². The number of hydrogen-bond acceptors (Lipinski definition) is 2. The lowest BCUT2D eigenvalue weighted by Crippen LogP contribution is -2.13. The fourth-order valence-corrected chi connectivity index (χ4v) is 2.32. The average molecular weight is 235 g/mol. The van der Waals surface area contributed by atoms with Gasteiger partial charge in [0.05, 0.1) is 0 Å². The molecule has 0 amide bonds. The first-order valence-electron chi connectivity index (χ1n) is 6.08. The second kappa shape index (κ2) is 4.57. The number of allylic oxidation sites excluding steroid dienone is 1. The van der Waals surface area contributed by atoms with Gasteiger partial charge in [0.1, 0.15) is 0 Å². The lowest BCUT2D eigenvalue weighted by atomic mass is 9.86. The maximum atomic E-state index is 12.3. The summed E-state index contributed by atoms with van der Waals surface area (Å²) in [5.74, 6) is 0.153. The number of rotatable bonds is 1. The molecule has 2 aromatic rings. The van der Waals surface area contributed by atoms with E-state index < -0.39 is 0 Å². The van der Waals surface area contributed by atoms with Crippen molar-refractivity contribution in [2.75, 3.05) is 0 Å². The smallest absolute Gasteiger partial charge is 0.189 e. The molecule has 0 aliphatic heterocycles. The van der Waals surface area contributed by atoms with E-state index in [1.807, 2.05) is 42.5 Å². The van der Waals surface area contributed by atoms with Crippen LogP contribution in [-0.4, -0.2) is 10.8 Å². The average Bonchev–Trinajstić information content (AvgIpc) is 2.43. The molecule has 2 heteroatoms. The van der Waals surface area contributed by atoms with Crippen LogP contribution in [0.15, 0.2) is 54.4 Å². The maximum Gasteiger partial charge on any atom is 0.189 e. The van der Waals surface area contributed by atoms with Crippen LogP contribution >= 0.6 is 0 Å². The van der Waals surface area contributed by atoms with Gasteiger partial charge < -0.3 is 0 Å². The Morgan fingerprint density at radius 2 is 1.94 bits per heavy atom. The first-order valence-corrected chi connectivity index (χ1v) is 6.08. The zero-order valence-electron chi connectivity index (χ0n) is 9.97. The molecule has 0 bridgehead atoms. The van der Waals surface area contributed by atoms with Gasteiger partial charge in [-0.2, -0.15) is 0 Å². The molecule has 2 nitrogen and oxygen atoms in total. The van der Waals surface area contributed by atoms with E-state index in [0.717, 1.165) is 35.1 Å². The molecule has 1 aliphatic carbocycles. The maximum absolute atomic E-state index is 12.3. The van der Waals surface area contributed by atoms with Crippen LogP contribution in [0.4, 0.5) is 0 Å². The van der Waals surface area contributed by atoms with Crippen molar-refractivity contribution in [3.63, 3.8) is 0 Å². The standard InChI is InChI=1S/C16H13NO/c18-16-14(10-12-4-3-9-17-11-12)8-7-13-5-1-2-6-15(13)16/h1-6,9-11H,7-8H2/b14-10-. The van der Waals surface area contributed by atoms with Gasteiger partial charge in [0, 0.05) is 23.5 Å². The monoisotopic (exact) mass is 235 g/mol. The Balaban J connectivity index is 1.98. The number of ketones is 1. The van der Waals surface area contributed by atoms with Gasteiger partial charge in [0.15, 0.2) is 5.78 Å². The number of pyridine rings is 1. The SMILES string of the molecule is O=C1/C(=C\c2cccnc2)CCc2ccccc21. The van der Waals surface area contributed by atoms with Crippen molar-refractivity contribution < 1.29 is 4.79 Å². The van der Waals surface area contributed by atoms with Crippen molar-refractivity contribution in [2.24, 2.45) is 0 Å². The topological polar surface area (TPSA) is 30.0 Å². The van der Waals surface area contributed by atoms with E-state index in [2.05, 4.69) is 4.98 Å². The summed E-state index contributed by atoms with van der Waals surface area (Å²) in [5, 5.41) is 0. The Hall–Kier alpha value is -2.22. The molecule has 0 unspecified atom stereocenters. The second-order valence-corrected chi connectivity index (χ2v) is 4.44. The van der Waals surface area contributed by atoms with Crippen molar-refractivity contribution in [3.05, 3.63) is 71.1 Å². The van der Waals surface area contributed by atoms with Gasteiger partial charge in [-0.15, -0.1) is 0 Å². The van der Waals surface area contributed by atoms with Crippen LogP contribution < -0.4 is 0 Å². The molecule has 0 spiro atoms. The third-order valence-electron chi connectivity index (χ3n) is 3.24. The number of carbonyl (C=O) groups is 1. The summed E-state index contributed by atoms with van der Waals surface area (Å²) in [6.45, 7) is 0. The minimum atomic E-state index is 0.153. The predicted molar refractivity (Wildman–Crippen MR) is 71.3 cm³/mol. The largest absolute Gasteiger partial charge is 0.289 e. The number of benzene rings is 1. The summed E-state index contributed by atoms with van der Waals surface area (Å²) < 4.78 is 0. The fraction of sp³-hybridized carbons (Fsp3) is 0.125. The Kier molecular flexibility index (Phi) is 2.77. The summed E-state index contributed by atoms with van der Waals surface area (Å²) in [5.41, 5.74) is 3.87. The van der Waals surface area contributed by atoms with E-state index in [9.17, 15) is 4.79 Å². The quantitative estimate of drug-likeness (QED) is 0.710. The van der Waals surface area contributed by atoms with Crippen molar-refractivity contribution in [1.29, 1.82) is 0 Å². The van der Waals surface area contributed by atoms with Crippen molar-refractivity contribution in [3.8, 4) is 0 Å². The lowest BCUT2D eigenvalue weighted by molar-refractivity contribution is 0.102.